The quantitative estimate of drug-likeness (QED) is 0.484. The molecule has 4 atom stereocenters. The van der Waals surface area contributed by atoms with Crippen LogP contribution in [-0.4, -0.2) is 61.6 Å². The number of nitrogens with zero attached hydrogens (tertiary/aromatic N) is 1. The number of likely N-dealkylation sites (tertiary alicyclic amines) is 1. The van der Waals surface area contributed by atoms with Crippen molar-refractivity contribution in [2.45, 2.75) is 97.7 Å². The van der Waals surface area contributed by atoms with E-state index < -0.39 is 0 Å². The predicted molar refractivity (Wildman–Crippen MR) is 114 cm³/mol. The Morgan fingerprint density at radius 3 is 2.34 bits per heavy atom. The first-order chi connectivity index (χ1) is 14.0. The van der Waals surface area contributed by atoms with Gasteiger partial charge in [-0.3, -0.25) is 19.7 Å². The van der Waals surface area contributed by atoms with Gasteiger partial charge in [-0.25, -0.2) is 0 Å². The van der Waals surface area contributed by atoms with Crippen molar-refractivity contribution in [1.29, 1.82) is 0 Å². The third kappa shape index (κ3) is 9.15. The van der Waals surface area contributed by atoms with Gasteiger partial charge in [-0.15, -0.1) is 0 Å². The van der Waals surface area contributed by atoms with Gasteiger partial charge in [0.25, 0.3) is 6.47 Å². The molecule has 1 aliphatic carbocycles. The van der Waals surface area contributed by atoms with Gasteiger partial charge in [0, 0.05) is 12.6 Å². The topological polar surface area (TPSA) is 84.9 Å². The molecule has 3 unspecified atom stereocenters. The summed E-state index contributed by atoms with van der Waals surface area (Å²) in [6.07, 6.45) is 7.65. The molecule has 1 heterocycles. The summed E-state index contributed by atoms with van der Waals surface area (Å²) < 4.78 is 8.98. The summed E-state index contributed by atoms with van der Waals surface area (Å²) in [5.41, 5.74) is 0. The summed E-state index contributed by atoms with van der Waals surface area (Å²) in [5, 5.41) is 3.21. The average Bonchev–Trinajstić information content (AvgIpc) is 3.18. The highest BCUT2D eigenvalue weighted by molar-refractivity contribution is 5.83. The van der Waals surface area contributed by atoms with Gasteiger partial charge in [0.15, 0.2) is 0 Å². The van der Waals surface area contributed by atoms with Gasteiger partial charge in [-0.1, -0.05) is 40.0 Å². The maximum Gasteiger partial charge on any atom is 0.323 e. The molecule has 7 nitrogen and oxygen atoms in total. The zero-order chi connectivity index (χ0) is 22.2. The van der Waals surface area contributed by atoms with Crippen LogP contribution in [0.1, 0.15) is 79.6 Å². The lowest BCUT2D eigenvalue weighted by molar-refractivity contribution is -0.146. The molecule has 1 saturated carbocycles. The Bertz CT molecular complexity index is 472. The molecule has 0 bridgehead atoms. The minimum Gasteiger partial charge on any atom is -0.471 e. The first-order valence-electron chi connectivity index (χ1n) is 11.2. The van der Waals surface area contributed by atoms with Gasteiger partial charge in [-0.2, -0.15) is 0 Å². The van der Waals surface area contributed by atoms with Crippen molar-refractivity contribution in [3.8, 4) is 0 Å². The van der Waals surface area contributed by atoms with Crippen LogP contribution in [0.5, 0.6) is 0 Å². The molecule has 0 spiro atoms. The minimum absolute atomic E-state index is 0.143. The van der Waals surface area contributed by atoms with E-state index in [1.807, 2.05) is 34.6 Å². The van der Waals surface area contributed by atoms with Gasteiger partial charge in [0.2, 0.25) is 5.91 Å². The highest BCUT2D eigenvalue weighted by Crippen LogP contribution is 2.36. The normalized spacial score (nSPS) is 21.9. The van der Waals surface area contributed by atoms with Gasteiger partial charge in [0.1, 0.15) is 6.04 Å². The average molecular weight is 415 g/mol. The molecule has 0 aromatic heterocycles. The zero-order valence-electron chi connectivity index (χ0n) is 19.2. The van der Waals surface area contributed by atoms with Gasteiger partial charge in [0.05, 0.1) is 19.8 Å². The molecule has 7 heteroatoms. The number of carbonyl (C=O) groups is 3. The molecule has 29 heavy (non-hydrogen) atoms. The lowest BCUT2D eigenvalue weighted by Gasteiger charge is -2.34. The third-order valence-corrected chi connectivity index (χ3v) is 5.36. The van der Waals surface area contributed by atoms with Crippen molar-refractivity contribution in [3.05, 3.63) is 0 Å². The standard InChI is InChI=1S/C18H32N2O3.C2H4O2.C2H6/c1-4-8-15(18(22)23-5-2)19-13(3)17(21)20-12-11-14-9-6-7-10-16(14)20;1-4-2-3;1-2/h13-16,19H,4-12H2,1-3H3;2H,1H3;1-2H3/t13-,14?,15?,16?;;/m0../s1. The van der Waals surface area contributed by atoms with E-state index in [0.29, 0.717) is 31.5 Å². The molecule has 1 aliphatic heterocycles. The Kier molecular flexibility index (Phi) is 15.3. The molecule has 1 amide bonds. The van der Waals surface area contributed by atoms with Crippen LogP contribution in [0, 0.1) is 5.92 Å². The Hall–Kier alpha value is -1.63. The number of fused-ring (bicyclic) bond motifs is 1. The van der Waals surface area contributed by atoms with Crippen molar-refractivity contribution in [3.63, 3.8) is 0 Å². The van der Waals surface area contributed by atoms with Gasteiger partial charge in [-0.05, 0) is 45.4 Å². The van der Waals surface area contributed by atoms with E-state index in [2.05, 4.69) is 15.0 Å². The lowest BCUT2D eigenvalue weighted by atomic mass is 9.85. The number of ether oxygens (including phenoxy) is 2. The van der Waals surface area contributed by atoms with Crippen molar-refractivity contribution < 1.29 is 23.9 Å². The second-order valence-electron chi connectivity index (χ2n) is 7.25. The van der Waals surface area contributed by atoms with Crippen molar-refractivity contribution in [1.82, 2.24) is 10.2 Å². The Balaban J connectivity index is 0.00000116. The maximum atomic E-state index is 12.8. The SMILES string of the molecule is CC.CCCC(N[C@@H](C)C(=O)N1CCC2CCCCC21)C(=O)OCC.COC=O. The molecule has 0 aromatic rings. The van der Waals surface area contributed by atoms with Crippen molar-refractivity contribution in [2.24, 2.45) is 5.92 Å². The number of amides is 1. The second kappa shape index (κ2) is 16.2. The number of nitrogens with one attached hydrogen (secondary N) is 1. The summed E-state index contributed by atoms with van der Waals surface area (Å²) in [4.78, 5) is 35.9. The summed E-state index contributed by atoms with van der Waals surface area (Å²) >= 11 is 0. The predicted octanol–water partition coefficient (Wildman–Crippen LogP) is 3.30. The smallest absolute Gasteiger partial charge is 0.323 e. The monoisotopic (exact) mass is 414 g/mol. The van der Waals surface area contributed by atoms with Crippen molar-refractivity contribution >= 4 is 18.3 Å². The molecule has 0 aromatic carbocycles. The molecule has 2 aliphatic rings. The molecular weight excluding hydrogens is 372 g/mol. The highest BCUT2D eigenvalue weighted by atomic mass is 16.5. The lowest BCUT2D eigenvalue weighted by Crippen LogP contribution is -2.52. The molecule has 1 saturated heterocycles. The fourth-order valence-electron chi connectivity index (χ4n) is 4.10. The van der Waals surface area contributed by atoms with Crippen LogP contribution in [-0.2, 0) is 23.9 Å². The molecule has 2 fully saturated rings. The van der Waals surface area contributed by atoms with E-state index in [-0.39, 0.29) is 24.0 Å². The fourth-order valence-corrected chi connectivity index (χ4v) is 4.10. The van der Waals surface area contributed by atoms with Crippen molar-refractivity contribution in [2.75, 3.05) is 20.3 Å². The molecule has 170 valence electrons. The molecular formula is C22H42N2O5. The fraction of sp³-hybridized carbons (Fsp3) is 0.864. The number of esters is 1. The Morgan fingerprint density at radius 2 is 1.79 bits per heavy atom. The van der Waals surface area contributed by atoms with E-state index in [9.17, 15) is 9.59 Å². The van der Waals surface area contributed by atoms with Crippen LogP contribution in [0.15, 0.2) is 0 Å². The first kappa shape index (κ1) is 27.4. The summed E-state index contributed by atoms with van der Waals surface area (Å²) in [6, 6.07) is -0.298. The van der Waals surface area contributed by atoms with Gasteiger partial charge < -0.3 is 14.4 Å². The second-order valence-corrected chi connectivity index (χ2v) is 7.25. The summed E-state index contributed by atoms with van der Waals surface area (Å²) in [7, 11) is 1.31. The summed E-state index contributed by atoms with van der Waals surface area (Å²) in [5.74, 6) is 0.590. The van der Waals surface area contributed by atoms with E-state index in [1.165, 1.54) is 26.4 Å². The Labute approximate surface area is 176 Å². The first-order valence-corrected chi connectivity index (χ1v) is 11.2. The Morgan fingerprint density at radius 1 is 1.17 bits per heavy atom. The van der Waals surface area contributed by atoms with Crippen LogP contribution in [0.2, 0.25) is 0 Å². The summed E-state index contributed by atoms with van der Waals surface area (Å²) in [6.45, 7) is 11.3. The van der Waals surface area contributed by atoms with E-state index in [0.717, 1.165) is 25.8 Å². The van der Waals surface area contributed by atoms with Gasteiger partial charge >= 0.3 is 5.97 Å². The van der Waals surface area contributed by atoms with E-state index >= 15 is 0 Å². The number of carbonyl (C=O) groups excluding carboxylic acids is 3. The van der Waals surface area contributed by atoms with Crippen LogP contribution in [0.3, 0.4) is 0 Å². The van der Waals surface area contributed by atoms with E-state index in [1.54, 1.807) is 0 Å². The molecule has 1 N–H and O–H groups in total. The van der Waals surface area contributed by atoms with Crippen LogP contribution >= 0.6 is 0 Å². The molecule has 0 radical (unpaired) electrons. The number of methoxy groups -OCH3 is 1. The van der Waals surface area contributed by atoms with Crippen LogP contribution < -0.4 is 5.32 Å². The van der Waals surface area contributed by atoms with Crippen LogP contribution in [0.25, 0.3) is 0 Å². The van der Waals surface area contributed by atoms with Crippen LogP contribution in [0.4, 0.5) is 0 Å². The third-order valence-electron chi connectivity index (χ3n) is 5.36. The zero-order valence-corrected chi connectivity index (χ0v) is 19.2. The van der Waals surface area contributed by atoms with E-state index in [4.69, 9.17) is 9.53 Å². The largest absolute Gasteiger partial charge is 0.471 e. The number of hydrogen-bond acceptors (Lipinski definition) is 6. The molecule has 2 rings (SSSR count). The number of rotatable bonds is 8. The highest BCUT2D eigenvalue weighted by Gasteiger charge is 2.39. The number of hydrogen-bond donors (Lipinski definition) is 1. The maximum absolute atomic E-state index is 12.8. The minimum atomic E-state index is -0.386.